The lowest BCUT2D eigenvalue weighted by Gasteiger charge is -2.10. The van der Waals surface area contributed by atoms with Crippen LogP contribution < -0.4 is 10.6 Å². The van der Waals surface area contributed by atoms with E-state index in [9.17, 15) is 4.79 Å². The van der Waals surface area contributed by atoms with Gasteiger partial charge in [0.05, 0.1) is 12.2 Å². The Labute approximate surface area is 146 Å². The van der Waals surface area contributed by atoms with Gasteiger partial charge in [0.1, 0.15) is 5.82 Å². The highest BCUT2D eigenvalue weighted by atomic mass is 16.1. The number of hydrogen-bond acceptors (Lipinski definition) is 6. The highest BCUT2D eigenvalue weighted by Gasteiger charge is 2.04. The molecule has 0 saturated heterocycles. The number of ketones is 1. The van der Waals surface area contributed by atoms with E-state index in [1.807, 2.05) is 43.3 Å². The minimum absolute atomic E-state index is 0.0467. The van der Waals surface area contributed by atoms with Gasteiger partial charge in [0.25, 0.3) is 0 Å². The molecule has 0 radical (unpaired) electrons. The second-order valence-corrected chi connectivity index (χ2v) is 5.65. The van der Waals surface area contributed by atoms with E-state index in [1.165, 1.54) is 0 Å². The minimum Gasteiger partial charge on any atom is -0.349 e. The molecule has 0 atom stereocenters. The molecule has 0 amide bonds. The van der Waals surface area contributed by atoms with Crippen molar-refractivity contribution < 1.29 is 4.79 Å². The quantitative estimate of drug-likeness (QED) is 0.669. The van der Waals surface area contributed by atoms with Gasteiger partial charge in [-0.15, -0.1) is 0 Å². The first kappa shape index (κ1) is 16.6. The first-order valence-electron chi connectivity index (χ1n) is 7.97. The zero-order valence-corrected chi connectivity index (χ0v) is 14.2. The first-order chi connectivity index (χ1) is 12.1. The van der Waals surface area contributed by atoms with Crippen LogP contribution in [-0.2, 0) is 6.54 Å². The van der Waals surface area contributed by atoms with Crippen molar-refractivity contribution in [2.24, 2.45) is 0 Å². The average molecular weight is 333 g/mol. The summed E-state index contributed by atoms with van der Waals surface area (Å²) in [6.45, 7) is 4.02. The van der Waals surface area contributed by atoms with Crippen LogP contribution in [0.15, 0.2) is 54.7 Å². The lowest BCUT2D eigenvalue weighted by molar-refractivity contribution is 0.101. The van der Waals surface area contributed by atoms with Crippen LogP contribution in [-0.4, -0.2) is 20.7 Å². The number of carbonyl (C=O) groups is 1. The van der Waals surface area contributed by atoms with E-state index >= 15 is 0 Å². The maximum atomic E-state index is 11.3. The van der Waals surface area contributed by atoms with Gasteiger partial charge in [0, 0.05) is 29.2 Å². The Morgan fingerprint density at radius 3 is 2.56 bits per heavy atom. The van der Waals surface area contributed by atoms with Crippen LogP contribution in [0.4, 0.5) is 17.5 Å². The highest BCUT2D eigenvalue weighted by molar-refractivity contribution is 5.94. The summed E-state index contributed by atoms with van der Waals surface area (Å²) >= 11 is 0. The molecule has 25 heavy (non-hydrogen) atoms. The fraction of sp³-hybridized carbons (Fsp3) is 0.158. The molecule has 126 valence electrons. The number of pyridine rings is 1. The number of aromatic nitrogens is 3. The van der Waals surface area contributed by atoms with Gasteiger partial charge in [-0.2, -0.15) is 4.98 Å². The van der Waals surface area contributed by atoms with Gasteiger partial charge in [-0.1, -0.05) is 6.07 Å². The van der Waals surface area contributed by atoms with Gasteiger partial charge in [0.2, 0.25) is 5.95 Å². The Morgan fingerprint density at radius 2 is 1.88 bits per heavy atom. The van der Waals surface area contributed by atoms with Gasteiger partial charge >= 0.3 is 0 Å². The van der Waals surface area contributed by atoms with Crippen molar-refractivity contribution in [2.75, 3.05) is 10.6 Å². The summed E-state index contributed by atoms with van der Waals surface area (Å²) in [6.07, 6.45) is 1.76. The molecule has 0 bridgehead atoms. The molecule has 2 N–H and O–H groups in total. The summed E-state index contributed by atoms with van der Waals surface area (Å²) in [5.41, 5.74) is 3.31. The molecule has 0 aliphatic rings. The van der Waals surface area contributed by atoms with Crippen LogP contribution in [0.25, 0.3) is 0 Å². The van der Waals surface area contributed by atoms with Crippen LogP contribution in [0.1, 0.15) is 28.7 Å². The van der Waals surface area contributed by atoms with Crippen LogP contribution in [0.5, 0.6) is 0 Å². The number of aryl methyl sites for hydroxylation is 1. The van der Waals surface area contributed by atoms with Crippen molar-refractivity contribution in [1.82, 2.24) is 15.0 Å². The van der Waals surface area contributed by atoms with Crippen molar-refractivity contribution in [3.63, 3.8) is 0 Å². The maximum absolute atomic E-state index is 11.3. The number of Topliss-reactive ketones (excluding diaryl/α,β-unsaturated/α-hetero) is 1. The molecule has 6 heteroatoms. The molecular weight excluding hydrogens is 314 g/mol. The minimum atomic E-state index is 0.0467. The highest BCUT2D eigenvalue weighted by Crippen LogP contribution is 2.18. The van der Waals surface area contributed by atoms with Crippen molar-refractivity contribution in [3.05, 3.63) is 71.7 Å². The Hall–Kier alpha value is -3.28. The Bertz CT molecular complexity index is 863. The summed E-state index contributed by atoms with van der Waals surface area (Å²) < 4.78 is 0. The lowest BCUT2D eigenvalue weighted by atomic mass is 10.1. The largest absolute Gasteiger partial charge is 0.349 e. The van der Waals surface area contributed by atoms with Gasteiger partial charge in [0.15, 0.2) is 5.78 Å². The number of nitrogens with zero attached hydrogens (tertiary/aromatic N) is 3. The van der Waals surface area contributed by atoms with Crippen LogP contribution >= 0.6 is 0 Å². The molecule has 6 nitrogen and oxygen atoms in total. The van der Waals surface area contributed by atoms with Crippen molar-refractivity contribution in [2.45, 2.75) is 20.4 Å². The van der Waals surface area contributed by atoms with E-state index < -0.39 is 0 Å². The van der Waals surface area contributed by atoms with E-state index in [0.29, 0.717) is 23.9 Å². The molecule has 0 unspecified atom stereocenters. The molecule has 1 aromatic carbocycles. The van der Waals surface area contributed by atoms with Crippen LogP contribution in [0.2, 0.25) is 0 Å². The normalized spacial score (nSPS) is 10.3. The SMILES string of the molecule is CC(=O)c1ccc(Nc2cc(C)nc(NCc3ccccn3)n2)cc1. The summed E-state index contributed by atoms with van der Waals surface area (Å²) in [4.78, 5) is 24.5. The standard InChI is InChI=1S/C19H19N5O/c1-13-11-18(23-16-8-6-15(7-9-16)14(2)25)24-19(22-13)21-12-17-5-3-4-10-20-17/h3-11H,12H2,1-2H3,(H2,21,22,23,24). The molecular formula is C19H19N5O. The summed E-state index contributed by atoms with van der Waals surface area (Å²) in [5.74, 6) is 1.27. The molecule has 2 heterocycles. The molecule has 3 aromatic rings. The van der Waals surface area contributed by atoms with Gasteiger partial charge in [-0.25, -0.2) is 4.98 Å². The fourth-order valence-corrected chi connectivity index (χ4v) is 2.32. The topological polar surface area (TPSA) is 79.8 Å². The number of rotatable bonds is 6. The van der Waals surface area contributed by atoms with Crippen molar-refractivity contribution in [3.8, 4) is 0 Å². The van der Waals surface area contributed by atoms with E-state index in [1.54, 1.807) is 25.3 Å². The monoisotopic (exact) mass is 333 g/mol. The Kier molecular flexibility index (Phi) is 4.99. The molecule has 0 fully saturated rings. The first-order valence-corrected chi connectivity index (χ1v) is 7.97. The summed E-state index contributed by atoms with van der Waals surface area (Å²) in [5, 5.41) is 6.41. The van der Waals surface area contributed by atoms with Gasteiger partial charge in [-0.05, 0) is 50.2 Å². The number of benzene rings is 1. The predicted molar refractivity (Wildman–Crippen MR) is 98.1 cm³/mol. The Balaban J connectivity index is 1.71. The van der Waals surface area contributed by atoms with E-state index in [0.717, 1.165) is 17.1 Å². The molecule has 0 saturated carbocycles. The van der Waals surface area contributed by atoms with E-state index in [4.69, 9.17) is 0 Å². The third-order valence-electron chi connectivity index (χ3n) is 3.57. The van der Waals surface area contributed by atoms with Crippen molar-refractivity contribution >= 4 is 23.2 Å². The molecule has 0 aliphatic heterocycles. The van der Waals surface area contributed by atoms with E-state index in [2.05, 4.69) is 25.6 Å². The summed E-state index contributed by atoms with van der Waals surface area (Å²) in [7, 11) is 0. The Morgan fingerprint density at radius 1 is 1.08 bits per heavy atom. The molecule has 0 aliphatic carbocycles. The van der Waals surface area contributed by atoms with Crippen LogP contribution in [0, 0.1) is 6.92 Å². The number of anilines is 3. The molecule has 0 spiro atoms. The molecule has 2 aromatic heterocycles. The second kappa shape index (κ2) is 7.53. The van der Waals surface area contributed by atoms with Gasteiger partial charge in [-0.3, -0.25) is 9.78 Å². The number of hydrogen-bond donors (Lipinski definition) is 2. The third-order valence-corrected chi connectivity index (χ3v) is 3.57. The number of carbonyl (C=O) groups excluding carboxylic acids is 1. The zero-order chi connectivity index (χ0) is 17.6. The predicted octanol–water partition coefficient (Wildman–Crippen LogP) is 3.74. The van der Waals surface area contributed by atoms with Crippen LogP contribution in [0.3, 0.4) is 0 Å². The third kappa shape index (κ3) is 4.60. The fourth-order valence-electron chi connectivity index (χ4n) is 2.32. The average Bonchev–Trinajstić information content (AvgIpc) is 2.61. The van der Waals surface area contributed by atoms with Gasteiger partial charge < -0.3 is 10.6 Å². The van der Waals surface area contributed by atoms with E-state index in [-0.39, 0.29) is 5.78 Å². The van der Waals surface area contributed by atoms with Crippen molar-refractivity contribution in [1.29, 1.82) is 0 Å². The zero-order valence-electron chi connectivity index (χ0n) is 14.2. The second-order valence-electron chi connectivity index (χ2n) is 5.65. The smallest absolute Gasteiger partial charge is 0.225 e. The summed E-state index contributed by atoms with van der Waals surface area (Å²) in [6, 6.07) is 14.9. The maximum Gasteiger partial charge on any atom is 0.225 e. The lowest BCUT2D eigenvalue weighted by Crippen LogP contribution is -2.07. The molecule has 3 rings (SSSR count). The number of nitrogens with one attached hydrogen (secondary N) is 2.